The maximum atomic E-state index is 16.5. The number of benzene rings is 3. The highest BCUT2D eigenvalue weighted by molar-refractivity contribution is 6.01. The lowest BCUT2D eigenvalue weighted by atomic mass is 9.96. The molecule has 3 fully saturated rings. The number of aliphatic hydroxyl groups is 2. The Bertz CT molecular complexity index is 1540. The van der Waals surface area contributed by atoms with Crippen molar-refractivity contribution in [1.29, 1.82) is 0 Å². The van der Waals surface area contributed by atoms with E-state index in [0.717, 1.165) is 36.7 Å². The van der Waals surface area contributed by atoms with Crippen LogP contribution in [0.5, 0.6) is 5.75 Å². The summed E-state index contributed by atoms with van der Waals surface area (Å²) >= 11 is 0. The van der Waals surface area contributed by atoms with Gasteiger partial charge in [0, 0.05) is 55.1 Å². The molecule has 4 aromatic rings. The molecule has 196 valence electrons. The fraction of sp³-hybridized carbons (Fsp3) is 0.379. The molecule has 4 heterocycles. The van der Waals surface area contributed by atoms with E-state index in [1.165, 1.54) is 0 Å². The molecule has 3 saturated heterocycles. The van der Waals surface area contributed by atoms with E-state index in [0.29, 0.717) is 46.9 Å². The van der Waals surface area contributed by atoms with Gasteiger partial charge in [-0.1, -0.05) is 30.3 Å². The lowest BCUT2D eigenvalue weighted by Crippen LogP contribution is -2.51. The van der Waals surface area contributed by atoms with Gasteiger partial charge >= 0.3 is 0 Å². The number of phenolic OH excluding ortho intramolecular Hbond substituents is 1. The third kappa shape index (κ3) is 3.84. The second-order valence-electron chi connectivity index (χ2n) is 10.8. The number of β-amino-alcohol motifs (C(OH)–C–C–N with tert-alkyl or cyclic N) is 1. The van der Waals surface area contributed by atoms with Crippen molar-refractivity contribution < 1.29 is 19.7 Å². The molecule has 3 aliphatic heterocycles. The summed E-state index contributed by atoms with van der Waals surface area (Å²) in [7, 11) is 0. The molecule has 0 amide bonds. The summed E-state index contributed by atoms with van der Waals surface area (Å²) in [5.41, 5.74) is 1.16. The summed E-state index contributed by atoms with van der Waals surface area (Å²) < 4.78 is 16.5. The number of aromatic hydroxyl groups is 1. The van der Waals surface area contributed by atoms with Crippen LogP contribution in [0, 0.1) is 11.7 Å². The molecule has 0 aliphatic carbocycles. The largest absolute Gasteiger partial charge is 0.508 e. The van der Waals surface area contributed by atoms with E-state index in [9.17, 15) is 15.3 Å². The van der Waals surface area contributed by atoms with Gasteiger partial charge in [0.1, 0.15) is 17.1 Å². The summed E-state index contributed by atoms with van der Waals surface area (Å²) in [6.45, 7) is 2.10. The normalized spacial score (nSPS) is 25.1. The van der Waals surface area contributed by atoms with E-state index in [1.54, 1.807) is 18.2 Å². The minimum Gasteiger partial charge on any atom is -0.508 e. The fourth-order valence-corrected chi connectivity index (χ4v) is 6.41. The maximum Gasteiger partial charge on any atom is 0.228 e. The van der Waals surface area contributed by atoms with Gasteiger partial charge in [0.15, 0.2) is 5.82 Å². The second-order valence-corrected chi connectivity index (χ2v) is 10.8. The summed E-state index contributed by atoms with van der Waals surface area (Å²) in [5.74, 6) is 0.337. The Kier molecular flexibility index (Phi) is 5.61. The molecular formula is C29H30FN5O3. The minimum absolute atomic E-state index is 0.0691. The Hall–Kier alpha value is -3.53. The lowest BCUT2D eigenvalue weighted by molar-refractivity contribution is 0.104. The Labute approximate surface area is 219 Å². The standard InChI is InChI=1S/C29H30FN5O3/c30-26-22(24-10-20(37)9-16-3-1-2-4-21(16)24)7-8-23-27(26)32-29(35-11-17(15-36)25(38)14-35)33-28(23)34-12-18-5-6-19(13-34)31-18/h1-4,7-10,17-19,25,31,36-38H,5-6,11-15H2/t17?,18-,19+,25?. The molecule has 7 rings (SSSR count). The van der Waals surface area contributed by atoms with Crippen molar-refractivity contribution in [2.75, 3.05) is 42.6 Å². The van der Waals surface area contributed by atoms with Crippen LogP contribution in [0.15, 0.2) is 48.5 Å². The molecule has 3 aliphatic rings. The van der Waals surface area contributed by atoms with Crippen molar-refractivity contribution >= 4 is 33.4 Å². The Morgan fingerprint density at radius 2 is 1.68 bits per heavy atom. The topological polar surface area (TPSA) is 105 Å². The van der Waals surface area contributed by atoms with Crippen LogP contribution in [0.1, 0.15) is 12.8 Å². The first-order valence-electron chi connectivity index (χ1n) is 13.3. The Morgan fingerprint density at radius 1 is 0.895 bits per heavy atom. The number of phenols is 1. The molecule has 2 bridgehead atoms. The Morgan fingerprint density at radius 3 is 2.45 bits per heavy atom. The highest BCUT2D eigenvalue weighted by Gasteiger charge is 2.36. The van der Waals surface area contributed by atoms with E-state index in [1.807, 2.05) is 35.2 Å². The molecule has 9 heteroatoms. The monoisotopic (exact) mass is 515 g/mol. The summed E-state index contributed by atoms with van der Waals surface area (Å²) in [4.78, 5) is 13.7. The molecular weight excluding hydrogens is 485 g/mol. The van der Waals surface area contributed by atoms with Crippen molar-refractivity contribution in [2.45, 2.75) is 31.0 Å². The van der Waals surface area contributed by atoms with Crippen molar-refractivity contribution in [3.05, 3.63) is 54.3 Å². The van der Waals surface area contributed by atoms with Crippen LogP contribution in [0.4, 0.5) is 16.2 Å². The number of piperazine rings is 1. The predicted octanol–water partition coefficient (Wildman–Crippen LogP) is 3.02. The van der Waals surface area contributed by atoms with E-state index in [2.05, 4.69) is 10.2 Å². The molecule has 8 nitrogen and oxygen atoms in total. The predicted molar refractivity (Wildman–Crippen MR) is 145 cm³/mol. The van der Waals surface area contributed by atoms with Crippen molar-refractivity contribution in [1.82, 2.24) is 15.3 Å². The van der Waals surface area contributed by atoms with E-state index >= 15 is 4.39 Å². The molecule has 0 spiro atoms. The first-order chi connectivity index (χ1) is 18.5. The summed E-state index contributed by atoms with van der Waals surface area (Å²) in [6, 6.07) is 15.2. The molecule has 1 aromatic heterocycles. The van der Waals surface area contributed by atoms with Crippen LogP contribution in [-0.2, 0) is 0 Å². The molecule has 38 heavy (non-hydrogen) atoms. The quantitative estimate of drug-likeness (QED) is 0.329. The average Bonchev–Trinajstić information content (AvgIpc) is 3.48. The van der Waals surface area contributed by atoms with Gasteiger partial charge in [-0.05, 0) is 47.4 Å². The Balaban J connectivity index is 1.42. The summed E-state index contributed by atoms with van der Waals surface area (Å²) in [6.07, 6.45) is 1.51. The van der Waals surface area contributed by atoms with Gasteiger partial charge in [-0.15, -0.1) is 0 Å². The highest BCUT2D eigenvalue weighted by Crippen LogP contribution is 2.39. The van der Waals surface area contributed by atoms with Gasteiger partial charge in [0.05, 0.1) is 12.7 Å². The van der Waals surface area contributed by atoms with Gasteiger partial charge in [0.25, 0.3) is 0 Å². The second kappa shape index (κ2) is 9.04. The summed E-state index contributed by atoms with van der Waals surface area (Å²) in [5, 5.41) is 36.5. The van der Waals surface area contributed by atoms with Gasteiger partial charge in [0.2, 0.25) is 5.95 Å². The molecule has 2 unspecified atom stereocenters. The van der Waals surface area contributed by atoms with Gasteiger partial charge < -0.3 is 30.4 Å². The number of nitrogens with zero attached hydrogens (tertiary/aromatic N) is 4. The third-order valence-electron chi connectivity index (χ3n) is 8.35. The highest BCUT2D eigenvalue weighted by atomic mass is 19.1. The van der Waals surface area contributed by atoms with Gasteiger partial charge in [-0.25, -0.2) is 9.37 Å². The number of aromatic nitrogens is 2. The van der Waals surface area contributed by atoms with E-state index < -0.39 is 11.9 Å². The number of hydrogen-bond acceptors (Lipinski definition) is 8. The van der Waals surface area contributed by atoms with Crippen LogP contribution in [-0.4, -0.2) is 76.3 Å². The van der Waals surface area contributed by atoms with E-state index in [-0.39, 0.29) is 30.3 Å². The minimum atomic E-state index is -0.701. The number of halogens is 1. The molecule has 0 radical (unpaired) electrons. The fourth-order valence-electron chi connectivity index (χ4n) is 6.41. The molecule has 0 saturated carbocycles. The van der Waals surface area contributed by atoms with E-state index in [4.69, 9.17) is 9.97 Å². The van der Waals surface area contributed by atoms with Crippen LogP contribution < -0.4 is 15.1 Å². The van der Waals surface area contributed by atoms with Crippen LogP contribution >= 0.6 is 0 Å². The van der Waals surface area contributed by atoms with Gasteiger partial charge in [-0.2, -0.15) is 4.98 Å². The first kappa shape index (κ1) is 23.6. The zero-order chi connectivity index (χ0) is 26.0. The third-order valence-corrected chi connectivity index (χ3v) is 8.35. The molecule has 3 aromatic carbocycles. The number of aliphatic hydroxyl groups excluding tert-OH is 2. The first-order valence-corrected chi connectivity index (χ1v) is 13.3. The van der Waals surface area contributed by atoms with Crippen LogP contribution in [0.3, 0.4) is 0 Å². The number of nitrogens with one attached hydrogen (secondary N) is 1. The smallest absolute Gasteiger partial charge is 0.228 e. The lowest BCUT2D eigenvalue weighted by Gasteiger charge is -2.34. The number of rotatable bonds is 4. The average molecular weight is 516 g/mol. The van der Waals surface area contributed by atoms with Crippen LogP contribution in [0.2, 0.25) is 0 Å². The van der Waals surface area contributed by atoms with Crippen molar-refractivity contribution in [3.63, 3.8) is 0 Å². The number of fused-ring (bicyclic) bond motifs is 4. The molecule has 4 N–H and O–H groups in total. The zero-order valence-corrected chi connectivity index (χ0v) is 20.9. The van der Waals surface area contributed by atoms with Crippen molar-refractivity contribution in [3.8, 4) is 16.9 Å². The van der Waals surface area contributed by atoms with Gasteiger partial charge in [-0.3, -0.25) is 0 Å². The SMILES string of the molecule is OCC1CN(c2nc(N3C[C@H]4CC[C@@H](C3)N4)c3ccc(-c4cc(O)cc5ccccc45)c(F)c3n2)CC1O. The van der Waals surface area contributed by atoms with Crippen molar-refractivity contribution in [2.24, 2.45) is 5.92 Å². The zero-order valence-electron chi connectivity index (χ0n) is 20.9. The van der Waals surface area contributed by atoms with Crippen LogP contribution in [0.25, 0.3) is 32.8 Å². The number of anilines is 2. The molecule has 4 atom stereocenters. The maximum absolute atomic E-state index is 16.5. The number of hydrogen-bond donors (Lipinski definition) is 4.